The van der Waals surface area contributed by atoms with E-state index in [2.05, 4.69) is 20.1 Å². The van der Waals surface area contributed by atoms with Crippen LogP contribution < -0.4 is 10.0 Å². The number of fused-ring (bicyclic) bond motifs is 1. The van der Waals surface area contributed by atoms with E-state index in [-0.39, 0.29) is 11.8 Å². The Balaban J connectivity index is 1.80. The van der Waals surface area contributed by atoms with Gasteiger partial charge in [-0.25, -0.2) is 17.5 Å². The summed E-state index contributed by atoms with van der Waals surface area (Å²) in [5.74, 6) is -0.0476. The van der Waals surface area contributed by atoms with Crippen molar-refractivity contribution >= 4 is 39.2 Å². The molecule has 0 bridgehead atoms. The summed E-state index contributed by atoms with van der Waals surface area (Å²) in [7, 11) is -3.53. The number of allylic oxidation sites excluding steroid dienone is 1. The standard InChI is InChI=1S/C18H15ClFN5O2S/c1-28(26,27)24-17-22-18-21-15(11-2-6-13(19)7-3-11)10-16(25(18)23-17)12-4-8-14(20)9-5-12/h2-10,16H,1H3,(H2,21,22,23,24)/t16-/m1/s1. The normalized spacial score (nSPS) is 16.1. The minimum absolute atomic E-state index is 0.0529. The molecule has 0 fully saturated rings. The zero-order valence-corrected chi connectivity index (χ0v) is 16.2. The summed E-state index contributed by atoms with van der Waals surface area (Å²) >= 11 is 5.97. The minimum Gasteiger partial charge on any atom is -0.324 e. The third kappa shape index (κ3) is 3.85. The van der Waals surface area contributed by atoms with E-state index in [1.165, 1.54) is 12.1 Å². The Labute approximate surface area is 165 Å². The Hall–Kier alpha value is -2.91. The van der Waals surface area contributed by atoms with Gasteiger partial charge in [0.2, 0.25) is 16.0 Å². The summed E-state index contributed by atoms with van der Waals surface area (Å²) in [6.45, 7) is 0. The lowest BCUT2D eigenvalue weighted by atomic mass is 10.0. The van der Waals surface area contributed by atoms with Crippen LogP contribution in [0.5, 0.6) is 0 Å². The lowest BCUT2D eigenvalue weighted by Gasteiger charge is -2.24. The lowest BCUT2D eigenvalue weighted by Crippen LogP contribution is -2.20. The molecule has 0 spiro atoms. The summed E-state index contributed by atoms with van der Waals surface area (Å²) in [4.78, 5) is 4.23. The Morgan fingerprint density at radius 2 is 1.82 bits per heavy atom. The Morgan fingerprint density at radius 3 is 2.46 bits per heavy atom. The number of hydrogen-bond donors (Lipinski definition) is 2. The van der Waals surface area contributed by atoms with Crippen LogP contribution in [-0.4, -0.2) is 29.4 Å². The van der Waals surface area contributed by atoms with Crippen LogP contribution in [0.2, 0.25) is 5.02 Å². The summed E-state index contributed by atoms with van der Waals surface area (Å²) in [5, 5.41) is 8.01. The van der Waals surface area contributed by atoms with Gasteiger partial charge in [0.25, 0.3) is 5.95 Å². The van der Waals surface area contributed by atoms with Crippen LogP contribution in [0, 0.1) is 5.82 Å². The molecule has 144 valence electrons. The van der Waals surface area contributed by atoms with Crippen molar-refractivity contribution in [2.45, 2.75) is 6.04 Å². The summed E-state index contributed by atoms with van der Waals surface area (Å²) in [6, 6.07) is 12.8. The third-order valence-electron chi connectivity index (χ3n) is 4.11. The van der Waals surface area contributed by atoms with E-state index < -0.39 is 16.1 Å². The van der Waals surface area contributed by atoms with Crippen LogP contribution >= 0.6 is 11.6 Å². The van der Waals surface area contributed by atoms with Gasteiger partial charge in [-0.1, -0.05) is 35.9 Å². The van der Waals surface area contributed by atoms with Gasteiger partial charge in [-0.05, 0) is 41.5 Å². The quantitative estimate of drug-likeness (QED) is 0.675. The van der Waals surface area contributed by atoms with Gasteiger partial charge in [0, 0.05) is 10.7 Å². The molecule has 1 aliphatic rings. The molecule has 2 aromatic carbocycles. The largest absolute Gasteiger partial charge is 0.324 e. The first-order valence-electron chi connectivity index (χ1n) is 8.23. The van der Waals surface area contributed by atoms with Crippen LogP contribution in [0.1, 0.15) is 17.2 Å². The van der Waals surface area contributed by atoms with Crippen LogP contribution in [0.15, 0.2) is 54.6 Å². The lowest BCUT2D eigenvalue weighted by molar-refractivity contribution is 0.600. The monoisotopic (exact) mass is 419 g/mol. The number of anilines is 2. The van der Waals surface area contributed by atoms with E-state index in [4.69, 9.17) is 11.6 Å². The molecule has 1 aliphatic heterocycles. The first-order chi connectivity index (χ1) is 13.3. The molecule has 28 heavy (non-hydrogen) atoms. The van der Waals surface area contributed by atoms with Gasteiger partial charge in [-0.2, -0.15) is 4.98 Å². The van der Waals surface area contributed by atoms with Gasteiger partial charge < -0.3 is 5.32 Å². The van der Waals surface area contributed by atoms with Crippen molar-refractivity contribution in [1.29, 1.82) is 0 Å². The second-order valence-corrected chi connectivity index (χ2v) is 8.47. The van der Waals surface area contributed by atoms with Gasteiger partial charge in [0.05, 0.1) is 6.26 Å². The first-order valence-corrected chi connectivity index (χ1v) is 10.5. The highest BCUT2D eigenvalue weighted by Crippen LogP contribution is 2.33. The Morgan fingerprint density at radius 1 is 1.14 bits per heavy atom. The molecule has 0 radical (unpaired) electrons. The fourth-order valence-electron chi connectivity index (χ4n) is 2.90. The topological polar surface area (TPSA) is 88.9 Å². The molecule has 1 atom stereocenters. The predicted molar refractivity (Wildman–Crippen MR) is 106 cm³/mol. The predicted octanol–water partition coefficient (Wildman–Crippen LogP) is 3.50. The molecule has 2 N–H and O–H groups in total. The minimum atomic E-state index is -3.53. The number of halogens is 2. The molecule has 0 saturated carbocycles. The summed E-state index contributed by atoms with van der Waals surface area (Å²) in [5.41, 5.74) is 2.38. The molecule has 3 aromatic rings. The number of nitrogens with one attached hydrogen (secondary N) is 2. The number of aromatic nitrogens is 3. The van der Waals surface area contributed by atoms with Crippen LogP contribution in [0.3, 0.4) is 0 Å². The van der Waals surface area contributed by atoms with Crippen molar-refractivity contribution in [2.24, 2.45) is 0 Å². The Kier molecular flexibility index (Phi) is 4.56. The maximum Gasteiger partial charge on any atom is 0.257 e. The fraction of sp³-hybridized carbons (Fsp3) is 0.111. The average molecular weight is 420 g/mol. The van der Waals surface area contributed by atoms with Gasteiger partial charge in [0.15, 0.2) is 0 Å². The van der Waals surface area contributed by atoms with E-state index in [1.54, 1.807) is 28.9 Å². The van der Waals surface area contributed by atoms with Gasteiger partial charge in [0.1, 0.15) is 11.9 Å². The van der Waals surface area contributed by atoms with Crippen LogP contribution in [-0.2, 0) is 10.0 Å². The smallest absolute Gasteiger partial charge is 0.257 e. The van der Waals surface area contributed by atoms with Crippen LogP contribution in [0.25, 0.3) is 5.70 Å². The first kappa shape index (κ1) is 18.5. The molecule has 0 saturated heterocycles. The molecule has 0 aliphatic carbocycles. The molecular formula is C18H15ClFN5O2S. The van der Waals surface area contributed by atoms with Gasteiger partial charge in [-0.15, -0.1) is 5.10 Å². The molecule has 0 amide bonds. The molecule has 10 heteroatoms. The SMILES string of the molecule is CS(=O)(=O)Nc1nc2n(n1)[C@@H](c1ccc(F)cc1)C=C(c1ccc(Cl)cc1)N2. The Bertz CT molecular complexity index is 1160. The molecule has 4 rings (SSSR count). The van der Waals surface area contributed by atoms with E-state index >= 15 is 0 Å². The van der Waals surface area contributed by atoms with Gasteiger partial charge >= 0.3 is 0 Å². The van der Waals surface area contributed by atoms with Crippen molar-refractivity contribution in [1.82, 2.24) is 14.8 Å². The molecule has 1 aromatic heterocycles. The van der Waals surface area contributed by atoms with E-state index in [9.17, 15) is 12.8 Å². The highest BCUT2D eigenvalue weighted by atomic mass is 35.5. The summed E-state index contributed by atoms with van der Waals surface area (Å²) in [6.07, 6.45) is 2.93. The zero-order valence-electron chi connectivity index (χ0n) is 14.6. The van der Waals surface area contributed by atoms with E-state index in [0.29, 0.717) is 11.0 Å². The van der Waals surface area contributed by atoms with E-state index in [0.717, 1.165) is 23.1 Å². The van der Waals surface area contributed by atoms with Crippen LogP contribution in [0.4, 0.5) is 16.3 Å². The van der Waals surface area contributed by atoms with Crippen molar-refractivity contribution in [2.75, 3.05) is 16.3 Å². The maximum absolute atomic E-state index is 13.4. The number of rotatable bonds is 4. The second kappa shape index (κ2) is 6.92. The van der Waals surface area contributed by atoms with E-state index in [1.807, 2.05) is 18.2 Å². The highest BCUT2D eigenvalue weighted by Gasteiger charge is 2.26. The average Bonchev–Trinajstić information content (AvgIpc) is 3.02. The zero-order chi connectivity index (χ0) is 19.9. The van der Waals surface area contributed by atoms with Crippen molar-refractivity contribution in [3.8, 4) is 0 Å². The number of sulfonamides is 1. The number of benzene rings is 2. The maximum atomic E-state index is 13.4. The fourth-order valence-corrected chi connectivity index (χ4v) is 3.44. The summed E-state index contributed by atoms with van der Waals surface area (Å²) < 4.78 is 40.2. The molecule has 7 nitrogen and oxygen atoms in total. The van der Waals surface area contributed by atoms with Crippen molar-refractivity contribution < 1.29 is 12.8 Å². The molecular weight excluding hydrogens is 405 g/mol. The van der Waals surface area contributed by atoms with Crippen molar-refractivity contribution in [3.63, 3.8) is 0 Å². The second-order valence-electron chi connectivity index (χ2n) is 6.29. The number of nitrogens with zero attached hydrogens (tertiary/aromatic N) is 3. The van der Waals surface area contributed by atoms with Crippen molar-refractivity contribution in [3.05, 3.63) is 76.6 Å². The third-order valence-corrected chi connectivity index (χ3v) is 4.91. The van der Waals surface area contributed by atoms with Gasteiger partial charge in [-0.3, -0.25) is 4.72 Å². The molecule has 2 heterocycles. The molecule has 0 unspecified atom stereocenters. The number of hydrogen-bond acceptors (Lipinski definition) is 5. The highest BCUT2D eigenvalue weighted by molar-refractivity contribution is 7.91.